The Hall–Kier alpha value is -3.44. The van der Waals surface area contributed by atoms with Gasteiger partial charge >= 0.3 is 0 Å². The Labute approximate surface area is 220 Å². The molecule has 1 saturated carbocycles. The Kier molecular flexibility index (Phi) is 8.00. The number of anilines is 2. The maximum Gasteiger partial charge on any atom is 0.255 e. The monoisotopic (exact) mass is 495 g/mol. The molecule has 0 bridgehead atoms. The molecule has 0 unspecified atom stereocenters. The number of likely N-dealkylation sites (tertiary alicyclic amines) is 1. The van der Waals surface area contributed by atoms with Crippen molar-refractivity contribution in [3.8, 4) is 11.1 Å². The summed E-state index contributed by atoms with van der Waals surface area (Å²) in [7, 11) is 0. The maximum atomic E-state index is 12.9. The lowest BCUT2D eigenvalue weighted by molar-refractivity contribution is -0.120. The molecule has 1 aliphatic carbocycles. The summed E-state index contributed by atoms with van der Waals surface area (Å²) in [6.07, 6.45) is 8.05. The molecule has 0 atom stereocenters. The molecule has 0 spiro atoms. The Balaban J connectivity index is 1.21. The first-order chi connectivity index (χ1) is 18.0. The van der Waals surface area contributed by atoms with Gasteiger partial charge in [0.1, 0.15) is 0 Å². The fourth-order valence-corrected chi connectivity index (χ4v) is 5.52. The van der Waals surface area contributed by atoms with Gasteiger partial charge in [-0.15, -0.1) is 0 Å². The van der Waals surface area contributed by atoms with Gasteiger partial charge in [-0.25, -0.2) is 0 Å². The SMILES string of the molecule is Cc1ccc(NC(=O)C2CCCCC2)cc1-c1ccc(C(=O)Nc2ccc(CN3CCCC3)cc2)cc1. The van der Waals surface area contributed by atoms with Crippen LogP contribution >= 0.6 is 0 Å². The fourth-order valence-electron chi connectivity index (χ4n) is 5.52. The standard InChI is InChI=1S/C32H37N3O2/c1-23-9-16-29(34-31(36)26-7-3-2-4-8-26)21-30(23)25-12-14-27(15-13-25)32(37)33-28-17-10-24(11-18-28)22-35-19-5-6-20-35/h9-18,21,26H,2-8,19-20,22H2,1H3,(H,33,37)(H,34,36). The Morgan fingerprint density at radius 2 is 1.46 bits per heavy atom. The molecule has 1 aliphatic heterocycles. The molecule has 3 aromatic rings. The third kappa shape index (κ3) is 6.47. The molecule has 1 saturated heterocycles. The first-order valence-corrected chi connectivity index (χ1v) is 13.7. The molecular formula is C32H37N3O2. The molecule has 5 nitrogen and oxygen atoms in total. The van der Waals surface area contributed by atoms with Gasteiger partial charge in [-0.3, -0.25) is 14.5 Å². The summed E-state index contributed by atoms with van der Waals surface area (Å²) in [5.74, 6) is 0.132. The van der Waals surface area contributed by atoms with E-state index in [1.165, 1.54) is 37.9 Å². The number of rotatable bonds is 7. The summed E-state index contributed by atoms with van der Waals surface area (Å²) in [5, 5.41) is 6.14. The summed E-state index contributed by atoms with van der Waals surface area (Å²) in [4.78, 5) is 28.0. The van der Waals surface area contributed by atoms with E-state index in [9.17, 15) is 9.59 Å². The van der Waals surface area contributed by atoms with Crippen molar-refractivity contribution in [3.05, 3.63) is 83.4 Å². The van der Waals surface area contributed by atoms with Crippen molar-refractivity contribution in [1.82, 2.24) is 4.90 Å². The van der Waals surface area contributed by atoms with E-state index in [1.807, 2.05) is 54.6 Å². The molecule has 1 heterocycles. The highest BCUT2D eigenvalue weighted by Gasteiger charge is 2.21. The van der Waals surface area contributed by atoms with Crippen molar-refractivity contribution in [2.75, 3.05) is 23.7 Å². The van der Waals surface area contributed by atoms with E-state index in [-0.39, 0.29) is 17.7 Å². The van der Waals surface area contributed by atoms with E-state index in [4.69, 9.17) is 0 Å². The van der Waals surface area contributed by atoms with E-state index in [0.29, 0.717) is 5.56 Å². The second-order valence-electron chi connectivity index (χ2n) is 10.6. The van der Waals surface area contributed by atoms with E-state index in [2.05, 4.69) is 34.6 Å². The summed E-state index contributed by atoms with van der Waals surface area (Å²) in [6.45, 7) is 5.39. The average Bonchev–Trinajstić information content (AvgIpc) is 3.44. The molecule has 2 fully saturated rings. The molecule has 2 N–H and O–H groups in total. The van der Waals surface area contributed by atoms with Crippen LogP contribution in [-0.2, 0) is 11.3 Å². The van der Waals surface area contributed by atoms with E-state index in [0.717, 1.165) is 60.3 Å². The molecule has 5 heteroatoms. The molecule has 0 radical (unpaired) electrons. The van der Waals surface area contributed by atoms with Gasteiger partial charge in [0.05, 0.1) is 0 Å². The summed E-state index contributed by atoms with van der Waals surface area (Å²) < 4.78 is 0. The maximum absolute atomic E-state index is 12.9. The lowest BCUT2D eigenvalue weighted by atomic mass is 9.88. The average molecular weight is 496 g/mol. The highest BCUT2D eigenvalue weighted by Crippen LogP contribution is 2.29. The van der Waals surface area contributed by atoms with Crippen molar-refractivity contribution < 1.29 is 9.59 Å². The number of nitrogens with zero attached hydrogens (tertiary/aromatic N) is 1. The van der Waals surface area contributed by atoms with Crippen LogP contribution in [0, 0.1) is 12.8 Å². The van der Waals surface area contributed by atoms with Crippen LogP contribution in [0.4, 0.5) is 11.4 Å². The van der Waals surface area contributed by atoms with Crippen LogP contribution in [0.25, 0.3) is 11.1 Å². The number of amides is 2. The molecule has 0 aromatic heterocycles. The summed E-state index contributed by atoms with van der Waals surface area (Å²) >= 11 is 0. The Bertz CT molecular complexity index is 1220. The number of carbonyl (C=O) groups excluding carboxylic acids is 2. The molecule has 2 amide bonds. The van der Waals surface area contributed by atoms with Crippen LogP contribution < -0.4 is 10.6 Å². The van der Waals surface area contributed by atoms with E-state index in [1.54, 1.807) is 0 Å². The third-order valence-corrected chi connectivity index (χ3v) is 7.76. The number of nitrogens with one attached hydrogen (secondary N) is 2. The molecule has 5 rings (SSSR count). The quantitative estimate of drug-likeness (QED) is 0.370. The van der Waals surface area contributed by atoms with Crippen molar-refractivity contribution >= 4 is 23.2 Å². The van der Waals surface area contributed by atoms with Crippen LogP contribution in [-0.4, -0.2) is 29.8 Å². The summed E-state index contributed by atoms with van der Waals surface area (Å²) in [5.41, 5.74) is 6.72. The van der Waals surface area contributed by atoms with Crippen molar-refractivity contribution in [2.24, 2.45) is 5.92 Å². The van der Waals surface area contributed by atoms with Gasteiger partial charge in [0, 0.05) is 29.4 Å². The number of aryl methyl sites for hydroxylation is 1. The van der Waals surface area contributed by atoms with Gasteiger partial charge in [0.25, 0.3) is 5.91 Å². The fraction of sp³-hybridized carbons (Fsp3) is 0.375. The van der Waals surface area contributed by atoms with Gasteiger partial charge in [-0.05, 0) is 104 Å². The second kappa shape index (κ2) is 11.7. The van der Waals surface area contributed by atoms with Gasteiger partial charge < -0.3 is 10.6 Å². The van der Waals surface area contributed by atoms with Crippen molar-refractivity contribution in [1.29, 1.82) is 0 Å². The number of hydrogen-bond donors (Lipinski definition) is 2. The van der Waals surface area contributed by atoms with Crippen LogP contribution in [0.2, 0.25) is 0 Å². The predicted molar refractivity (Wildman–Crippen MR) is 151 cm³/mol. The molecular weight excluding hydrogens is 458 g/mol. The zero-order valence-corrected chi connectivity index (χ0v) is 21.8. The number of hydrogen-bond acceptors (Lipinski definition) is 3. The van der Waals surface area contributed by atoms with Gasteiger partial charge in [0.15, 0.2) is 0 Å². The normalized spacial score (nSPS) is 16.5. The van der Waals surface area contributed by atoms with Gasteiger partial charge in [0.2, 0.25) is 5.91 Å². The third-order valence-electron chi connectivity index (χ3n) is 7.76. The first kappa shape index (κ1) is 25.2. The van der Waals surface area contributed by atoms with Crippen LogP contribution in [0.1, 0.15) is 66.4 Å². The van der Waals surface area contributed by atoms with E-state index < -0.39 is 0 Å². The molecule has 2 aliphatic rings. The van der Waals surface area contributed by atoms with Crippen LogP contribution in [0.15, 0.2) is 66.7 Å². The Morgan fingerprint density at radius 1 is 0.784 bits per heavy atom. The van der Waals surface area contributed by atoms with Gasteiger partial charge in [-0.2, -0.15) is 0 Å². The smallest absolute Gasteiger partial charge is 0.255 e. The first-order valence-electron chi connectivity index (χ1n) is 13.7. The zero-order chi connectivity index (χ0) is 25.6. The molecule has 37 heavy (non-hydrogen) atoms. The van der Waals surface area contributed by atoms with Crippen LogP contribution in [0.5, 0.6) is 0 Å². The lowest BCUT2D eigenvalue weighted by Crippen LogP contribution is -2.24. The largest absolute Gasteiger partial charge is 0.326 e. The van der Waals surface area contributed by atoms with E-state index >= 15 is 0 Å². The highest BCUT2D eigenvalue weighted by atomic mass is 16.2. The van der Waals surface area contributed by atoms with Crippen LogP contribution in [0.3, 0.4) is 0 Å². The predicted octanol–water partition coefficient (Wildman–Crippen LogP) is 7.03. The minimum atomic E-state index is -0.121. The second-order valence-corrected chi connectivity index (χ2v) is 10.6. The minimum absolute atomic E-state index is 0.121. The van der Waals surface area contributed by atoms with Crippen molar-refractivity contribution in [2.45, 2.75) is 58.4 Å². The minimum Gasteiger partial charge on any atom is -0.326 e. The number of benzene rings is 3. The lowest BCUT2D eigenvalue weighted by Gasteiger charge is -2.21. The van der Waals surface area contributed by atoms with Crippen molar-refractivity contribution in [3.63, 3.8) is 0 Å². The summed E-state index contributed by atoms with van der Waals surface area (Å²) in [6, 6.07) is 21.9. The zero-order valence-electron chi connectivity index (χ0n) is 21.8. The highest BCUT2D eigenvalue weighted by molar-refractivity contribution is 6.04. The molecule has 192 valence electrons. The topological polar surface area (TPSA) is 61.4 Å². The Morgan fingerprint density at radius 3 is 2.16 bits per heavy atom. The van der Waals surface area contributed by atoms with Gasteiger partial charge in [-0.1, -0.05) is 49.6 Å². The number of carbonyl (C=O) groups is 2. The molecule has 3 aromatic carbocycles.